The van der Waals surface area contributed by atoms with E-state index in [2.05, 4.69) is 4.74 Å². The predicted octanol–water partition coefficient (Wildman–Crippen LogP) is 4.13. The minimum absolute atomic E-state index is 0.0756. The fourth-order valence-electron chi connectivity index (χ4n) is 6.26. The Bertz CT molecular complexity index is 2210. The number of pyridine rings is 1. The molecule has 0 saturated heterocycles. The number of rotatable bonds is 12. The largest absolute Gasteiger partial charge is 0.505 e. The molecule has 5 rings (SSSR count). The summed E-state index contributed by atoms with van der Waals surface area (Å²) in [6, 6.07) is 17.3. The van der Waals surface area contributed by atoms with Crippen LogP contribution in [0.5, 0.6) is 5.75 Å². The number of nitriles is 3. The van der Waals surface area contributed by atoms with Crippen LogP contribution in [0.1, 0.15) is 34.3 Å². The molecule has 2 heterocycles. The van der Waals surface area contributed by atoms with Crippen LogP contribution in [-0.2, 0) is 26.9 Å². The Kier molecular flexibility index (Phi) is 11.3. The Hall–Kier alpha value is -6.36. The Morgan fingerprint density at radius 2 is 1.67 bits per heavy atom. The monoisotopic (exact) mass is 748 g/mol. The van der Waals surface area contributed by atoms with Gasteiger partial charge >= 0.3 is 17.7 Å². The molecule has 0 aliphatic carbocycles. The number of nitrogens with two attached hydrogens (primary N) is 2. The maximum absolute atomic E-state index is 15.4. The molecule has 1 aromatic heterocycles. The molecule has 13 nitrogen and oxygen atoms in total. The number of hydrazine groups is 2. The van der Waals surface area contributed by atoms with Crippen LogP contribution in [0.4, 0.5) is 27.8 Å². The van der Waals surface area contributed by atoms with Crippen molar-refractivity contribution in [2.45, 2.75) is 30.3 Å². The van der Waals surface area contributed by atoms with Gasteiger partial charge in [-0.15, -0.1) is 0 Å². The van der Waals surface area contributed by atoms with Gasteiger partial charge < -0.3 is 14.6 Å². The van der Waals surface area contributed by atoms with Crippen LogP contribution >= 0.6 is 0 Å². The molecule has 2 unspecified atom stereocenters. The third-order valence-corrected chi connectivity index (χ3v) is 8.65. The van der Waals surface area contributed by atoms with Gasteiger partial charge in [-0.1, -0.05) is 48.5 Å². The van der Waals surface area contributed by atoms with E-state index >= 15 is 8.78 Å². The molecule has 0 bridgehead atoms. The normalized spacial score (nSPS) is 14.5. The maximum atomic E-state index is 15.4. The van der Waals surface area contributed by atoms with Gasteiger partial charge in [-0.25, -0.2) is 24.4 Å². The minimum Gasteiger partial charge on any atom is -0.505 e. The van der Waals surface area contributed by atoms with E-state index in [1.807, 2.05) is 0 Å². The number of hydrogen-bond donors (Lipinski definition) is 3. The first-order valence-corrected chi connectivity index (χ1v) is 15.9. The number of phenols is 1. The lowest BCUT2D eigenvalue weighted by Crippen LogP contribution is -2.44. The topological polar surface area (TPSA) is 208 Å². The van der Waals surface area contributed by atoms with Crippen molar-refractivity contribution in [3.63, 3.8) is 0 Å². The molecule has 4 aromatic rings. The highest BCUT2D eigenvalue weighted by Gasteiger charge is 2.41. The summed E-state index contributed by atoms with van der Waals surface area (Å²) in [5, 5.41) is 39.6. The molecule has 1 aliphatic heterocycles. The molecule has 3 aromatic carbocycles. The van der Waals surface area contributed by atoms with Crippen molar-refractivity contribution in [3.05, 3.63) is 117 Å². The van der Waals surface area contributed by atoms with Gasteiger partial charge in [-0.2, -0.15) is 29.0 Å². The summed E-state index contributed by atoms with van der Waals surface area (Å²) in [5.41, 5.74) is -5.86. The highest BCUT2D eigenvalue weighted by atomic mass is 19.4. The van der Waals surface area contributed by atoms with E-state index in [-0.39, 0.29) is 42.2 Å². The molecule has 18 heteroatoms. The standard InChI is InChI=1S/C36H29F5N8O5/c37-27-10-5-9-26(36(39,40)41)25(27)15-22-14-24(23-8-4-11-29(50)31(23)38)34(52)49-28(16-48(46)33(22)49)32(21-6-2-1-3-7-21)47(45)12-13-53-17-30(51)54-35(18-42,19-43)20-44/h1-11,14,28,32,50H,12-13,15-17,45-46H2. The lowest BCUT2D eigenvalue weighted by molar-refractivity contribution is -0.153. The van der Waals surface area contributed by atoms with Crippen molar-refractivity contribution in [2.75, 3.05) is 31.3 Å². The van der Waals surface area contributed by atoms with Gasteiger partial charge in [0.2, 0.25) is 0 Å². The lowest BCUT2D eigenvalue weighted by Gasteiger charge is -2.33. The van der Waals surface area contributed by atoms with Gasteiger partial charge in [-0.3, -0.25) is 20.2 Å². The van der Waals surface area contributed by atoms with Crippen molar-refractivity contribution in [1.82, 2.24) is 9.58 Å². The first-order valence-electron chi connectivity index (χ1n) is 15.9. The van der Waals surface area contributed by atoms with Crippen LogP contribution in [0.2, 0.25) is 0 Å². The molecule has 2 atom stereocenters. The molecule has 0 amide bonds. The minimum atomic E-state index is -4.96. The second kappa shape index (κ2) is 15.7. The molecule has 54 heavy (non-hydrogen) atoms. The highest BCUT2D eigenvalue weighted by Crippen LogP contribution is 2.42. The summed E-state index contributed by atoms with van der Waals surface area (Å²) >= 11 is 0. The molecule has 1 aliphatic rings. The number of carbonyl (C=O) groups is 1. The number of alkyl halides is 3. The number of phenolic OH excluding ortho intramolecular Hbond substituents is 1. The zero-order chi connectivity index (χ0) is 39.4. The van der Waals surface area contributed by atoms with E-state index in [1.165, 1.54) is 35.3 Å². The number of ether oxygens (including phenoxy) is 2. The summed E-state index contributed by atoms with van der Waals surface area (Å²) < 4.78 is 84.0. The van der Waals surface area contributed by atoms with Crippen molar-refractivity contribution >= 4 is 11.8 Å². The number of hydrogen-bond acceptors (Lipinski definition) is 12. The Balaban J connectivity index is 1.59. The third kappa shape index (κ3) is 7.71. The number of benzene rings is 3. The van der Waals surface area contributed by atoms with Gasteiger partial charge in [0.1, 0.15) is 36.4 Å². The molecular formula is C36H29F5N8O5. The third-order valence-electron chi connectivity index (χ3n) is 8.65. The SMILES string of the molecule is N#CC(C#N)(C#N)OC(=O)COCCN(N)C(c1ccccc1)C1CN(N)c2c(Cc3c(F)cccc3C(F)(F)F)cc(-c3cccc(O)c3F)c(=O)n21. The Labute approximate surface area is 303 Å². The van der Waals surface area contributed by atoms with Gasteiger partial charge in [0.25, 0.3) is 5.56 Å². The van der Waals surface area contributed by atoms with Crippen LogP contribution in [-0.4, -0.2) is 52.6 Å². The van der Waals surface area contributed by atoms with E-state index in [0.717, 1.165) is 33.8 Å². The highest BCUT2D eigenvalue weighted by molar-refractivity contribution is 5.73. The second-order valence-electron chi connectivity index (χ2n) is 12.0. The zero-order valence-electron chi connectivity index (χ0n) is 27.9. The van der Waals surface area contributed by atoms with Crippen molar-refractivity contribution in [1.29, 1.82) is 15.8 Å². The van der Waals surface area contributed by atoms with E-state index in [1.54, 1.807) is 30.3 Å². The molecule has 0 radical (unpaired) electrons. The number of esters is 1. The summed E-state index contributed by atoms with van der Waals surface area (Å²) in [7, 11) is 0. The number of fused-ring (bicyclic) bond motifs is 1. The van der Waals surface area contributed by atoms with E-state index in [9.17, 15) is 27.9 Å². The molecular weight excluding hydrogens is 719 g/mol. The van der Waals surface area contributed by atoms with Gasteiger partial charge in [0.15, 0.2) is 11.6 Å². The molecule has 0 spiro atoms. The zero-order valence-corrected chi connectivity index (χ0v) is 27.9. The first kappa shape index (κ1) is 38.9. The van der Waals surface area contributed by atoms with Crippen molar-refractivity contribution < 1.29 is 41.3 Å². The quantitative estimate of drug-likeness (QED) is 0.0615. The number of anilines is 1. The summed E-state index contributed by atoms with van der Waals surface area (Å²) in [6.45, 7) is -1.40. The fraction of sp³-hybridized carbons (Fsp3) is 0.250. The van der Waals surface area contributed by atoms with Gasteiger partial charge in [-0.05, 0) is 35.4 Å². The van der Waals surface area contributed by atoms with Crippen LogP contribution in [0.25, 0.3) is 11.1 Å². The number of halogens is 5. The van der Waals surface area contributed by atoms with Crippen LogP contribution in [0, 0.1) is 45.6 Å². The molecule has 278 valence electrons. The van der Waals surface area contributed by atoms with Crippen LogP contribution in [0.3, 0.4) is 0 Å². The fourth-order valence-corrected chi connectivity index (χ4v) is 6.26. The Morgan fingerprint density at radius 1 is 1.00 bits per heavy atom. The van der Waals surface area contributed by atoms with E-state index in [4.69, 9.17) is 32.2 Å². The van der Waals surface area contributed by atoms with Gasteiger partial charge in [0, 0.05) is 24.1 Å². The molecule has 0 saturated carbocycles. The van der Waals surface area contributed by atoms with Gasteiger partial charge in [0.05, 0.1) is 36.4 Å². The summed E-state index contributed by atoms with van der Waals surface area (Å²) in [5.74, 6) is 8.56. The first-order chi connectivity index (χ1) is 25.7. The second-order valence-corrected chi connectivity index (χ2v) is 12.0. The lowest BCUT2D eigenvalue weighted by atomic mass is 9.95. The average molecular weight is 749 g/mol. The van der Waals surface area contributed by atoms with Crippen LogP contribution < -0.4 is 22.3 Å². The van der Waals surface area contributed by atoms with E-state index < -0.39 is 76.9 Å². The molecule has 5 N–H and O–H groups in total. The molecule has 0 fully saturated rings. The van der Waals surface area contributed by atoms with Crippen LogP contribution in [0.15, 0.2) is 77.6 Å². The predicted molar refractivity (Wildman–Crippen MR) is 179 cm³/mol. The van der Waals surface area contributed by atoms with Crippen molar-refractivity contribution in [3.8, 4) is 35.1 Å². The summed E-state index contributed by atoms with van der Waals surface area (Å²) in [6.07, 6.45) is -5.69. The van der Waals surface area contributed by atoms with E-state index in [0.29, 0.717) is 11.6 Å². The number of aromatic nitrogens is 1. The summed E-state index contributed by atoms with van der Waals surface area (Å²) in [4.78, 5) is 26.6. The number of carbonyl (C=O) groups excluding carboxylic acids is 1. The number of nitrogens with zero attached hydrogens (tertiary/aromatic N) is 6. The Morgan fingerprint density at radius 3 is 2.31 bits per heavy atom. The maximum Gasteiger partial charge on any atom is 0.416 e. The smallest absolute Gasteiger partial charge is 0.416 e. The number of aromatic hydroxyl groups is 1. The average Bonchev–Trinajstić information content (AvgIpc) is 3.49. The van der Waals surface area contributed by atoms with Crippen molar-refractivity contribution in [2.24, 2.45) is 11.7 Å².